The molecule has 0 saturated heterocycles. The molecule has 0 rings (SSSR count). The van der Waals surface area contributed by atoms with E-state index < -0.39 is 6.10 Å². The summed E-state index contributed by atoms with van der Waals surface area (Å²) in [6.07, 6.45) is 87.5. The minimum Gasteiger partial charge on any atom is -0.462 e. The van der Waals surface area contributed by atoms with Crippen molar-refractivity contribution in [2.24, 2.45) is 0 Å². The minimum absolute atomic E-state index is 0.108. The summed E-state index contributed by atoms with van der Waals surface area (Å²) in [4.78, 5) is 38.2. The molecule has 1 unspecified atom stereocenters. The fraction of sp³-hybridized carbons (Fsp3) is 0.732. The molecule has 0 saturated carbocycles. The lowest BCUT2D eigenvalue weighted by Gasteiger charge is -2.18. The molecule has 1 atom stereocenters. The molecular formula is C71H122O6. The van der Waals surface area contributed by atoms with Crippen LogP contribution < -0.4 is 0 Å². The predicted octanol–water partition coefficient (Wildman–Crippen LogP) is 22.4. The van der Waals surface area contributed by atoms with Crippen molar-refractivity contribution in [1.29, 1.82) is 0 Å². The Morgan fingerprint density at radius 1 is 0.273 bits per heavy atom. The summed E-state index contributed by atoms with van der Waals surface area (Å²) in [6.45, 7) is 6.36. The third kappa shape index (κ3) is 63.0. The highest BCUT2D eigenvalue weighted by Gasteiger charge is 2.19. The Hall–Kier alpha value is -3.67. The van der Waals surface area contributed by atoms with E-state index in [1.54, 1.807) is 0 Å². The Labute approximate surface area is 477 Å². The van der Waals surface area contributed by atoms with Gasteiger partial charge in [-0.05, 0) is 83.5 Å². The van der Waals surface area contributed by atoms with E-state index in [-0.39, 0.29) is 44.0 Å². The van der Waals surface area contributed by atoms with Crippen LogP contribution in [-0.4, -0.2) is 37.2 Å². The Kier molecular flexibility index (Phi) is 61.8. The number of hydrogen-bond acceptors (Lipinski definition) is 6. The summed E-state index contributed by atoms with van der Waals surface area (Å²) in [6, 6.07) is 0. The molecule has 442 valence electrons. The summed E-state index contributed by atoms with van der Waals surface area (Å²) < 4.78 is 16.8. The number of carbonyl (C=O) groups is 3. The average molecular weight is 1070 g/mol. The van der Waals surface area contributed by atoms with Crippen LogP contribution in [0.1, 0.15) is 316 Å². The molecule has 0 aromatic rings. The number of allylic oxidation sites excluding steroid dienone is 16. The lowest BCUT2D eigenvalue weighted by atomic mass is 10.0. The smallest absolute Gasteiger partial charge is 0.306 e. The van der Waals surface area contributed by atoms with Crippen molar-refractivity contribution in [3.63, 3.8) is 0 Å². The lowest BCUT2D eigenvalue weighted by molar-refractivity contribution is -0.166. The van der Waals surface area contributed by atoms with Gasteiger partial charge in [-0.25, -0.2) is 0 Å². The zero-order chi connectivity index (χ0) is 55.7. The standard InChI is InChI=1S/C71H122O6/c1-4-7-10-13-16-19-22-25-27-29-30-31-32-33-34-35-36-37-38-39-40-42-43-46-49-52-55-58-61-64-70(73)76-67-68(66-75-69(72)63-60-57-54-51-48-45-24-21-18-15-12-9-6-3)77-71(74)65-62-59-56-53-50-47-44-41-28-26-23-20-17-14-11-8-5-2/h8-9,11-12,17-18,20-21,26,28,44-45,47-48,54,57,68H,4-7,10,13-16,19,22-25,27,29-43,46,49-53,55-56,58-67H2,1-3H3/b11-8-,12-9-,20-17-,21-18-,28-26-,47-44-,48-45-,57-54-. The number of rotatable bonds is 59. The van der Waals surface area contributed by atoms with Gasteiger partial charge in [-0.3, -0.25) is 14.4 Å². The molecule has 0 fully saturated rings. The summed E-state index contributed by atoms with van der Waals surface area (Å²) in [5.41, 5.74) is 0. The Balaban J connectivity index is 4.26. The van der Waals surface area contributed by atoms with E-state index in [0.717, 1.165) is 103 Å². The van der Waals surface area contributed by atoms with Gasteiger partial charge in [0.25, 0.3) is 0 Å². The maximum absolute atomic E-state index is 12.9. The summed E-state index contributed by atoms with van der Waals surface area (Å²) in [5, 5.41) is 0. The summed E-state index contributed by atoms with van der Waals surface area (Å²) in [5.74, 6) is -1.01. The molecule has 77 heavy (non-hydrogen) atoms. The summed E-state index contributed by atoms with van der Waals surface area (Å²) in [7, 11) is 0. The molecule has 0 aromatic heterocycles. The molecule has 0 spiro atoms. The number of unbranched alkanes of at least 4 members (excludes halogenated alkanes) is 32. The molecule has 0 radical (unpaired) electrons. The van der Waals surface area contributed by atoms with Crippen molar-refractivity contribution in [3.05, 3.63) is 97.2 Å². The number of ether oxygens (including phenoxy) is 3. The Morgan fingerprint density at radius 2 is 0.532 bits per heavy atom. The molecule has 0 aliphatic carbocycles. The van der Waals surface area contributed by atoms with Crippen LogP contribution in [0.5, 0.6) is 0 Å². The van der Waals surface area contributed by atoms with Crippen molar-refractivity contribution in [2.45, 2.75) is 322 Å². The molecule has 0 aliphatic heterocycles. The topological polar surface area (TPSA) is 78.9 Å². The highest BCUT2D eigenvalue weighted by Crippen LogP contribution is 2.17. The molecule has 0 N–H and O–H groups in total. The van der Waals surface area contributed by atoms with Gasteiger partial charge in [0.15, 0.2) is 6.10 Å². The van der Waals surface area contributed by atoms with Crippen LogP contribution in [0.3, 0.4) is 0 Å². The van der Waals surface area contributed by atoms with E-state index in [9.17, 15) is 14.4 Å². The first kappa shape index (κ1) is 73.3. The maximum atomic E-state index is 12.9. The van der Waals surface area contributed by atoms with Crippen molar-refractivity contribution in [3.8, 4) is 0 Å². The van der Waals surface area contributed by atoms with Crippen LogP contribution in [0.2, 0.25) is 0 Å². The van der Waals surface area contributed by atoms with Crippen molar-refractivity contribution < 1.29 is 28.6 Å². The van der Waals surface area contributed by atoms with Gasteiger partial charge in [0, 0.05) is 19.3 Å². The first-order chi connectivity index (χ1) is 38.0. The van der Waals surface area contributed by atoms with Crippen LogP contribution in [0, 0.1) is 0 Å². The third-order valence-electron chi connectivity index (χ3n) is 14.1. The van der Waals surface area contributed by atoms with Gasteiger partial charge in [0.2, 0.25) is 0 Å². The summed E-state index contributed by atoms with van der Waals surface area (Å²) >= 11 is 0. The second kappa shape index (κ2) is 64.9. The number of carbonyl (C=O) groups excluding carboxylic acids is 3. The minimum atomic E-state index is -0.820. The molecular weight excluding hydrogens is 949 g/mol. The largest absolute Gasteiger partial charge is 0.462 e. The highest BCUT2D eigenvalue weighted by atomic mass is 16.6. The second-order valence-corrected chi connectivity index (χ2v) is 21.6. The van der Waals surface area contributed by atoms with Crippen molar-refractivity contribution >= 4 is 17.9 Å². The highest BCUT2D eigenvalue weighted by molar-refractivity contribution is 5.71. The third-order valence-corrected chi connectivity index (χ3v) is 14.1. The van der Waals surface area contributed by atoms with Crippen LogP contribution in [0.25, 0.3) is 0 Å². The fourth-order valence-electron chi connectivity index (χ4n) is 9.27. The fourth-order valence-corrected chi connectivity index (χ4v) is 9.27. The molecule has 0 amide bonds. The maximum Gasteiger partial charge on any atom is 0.306 e. The van der Waals surface area contributed by atoms with Crippen LogP contribution in [-0.2, 0) is 28.6 Å². The van der Waals surface area contributed by atoms with Gasteiger partial charge >= 0.3 is 17.9 Å². The van der Waals surface area contributed by atoms with Crippen LogP contribution >= 0.6 is 0 Å². The van der Waals surface area contributed by atoms with Gasteiger partial charge in [-0.15, -0.1) is 0 Å². The quantitative estimate of drug-likeness (QED) is 0.0261. The second-order valence-electron chi connectivity index (χ2n) is 21.6. The van der Waals surface area contributed by atoms with Gasteiger partial charge < -0.3 is 14.2 Å². The van der Waals surface area contributed by atoms with E-state index in [1.807, 2.05) is 6.08 Å². The van der Waals surface area contributed by atoms with E-state index in [0.29, 0.717) is 12.8 Å². The van der Waals surface area contributed by atoms with Gasteiger partial charge in [-0.2, -0.15) is 0 Å². The molecule has 0 aliphatic rings. The van der Waals surface area contributed by atoms with Crippen LogP contribution in [0.15, 0.2) is 97.2 Å². The van der Waals surface area contributed by atoms with E-state index in [1.165, 1.54) is 167 Å². The van der Waals surface area contributed by atoms with E-state index in [2.05, 4.69) is 112 Å². The van der Waals surface area contributed by atoms with Gasteiger partial charge in [0.05, 0.1) is 0 Å². The van der Waals surface area contributed by atoms with E-state index in [4.69, 9.17) is 14.2 Å². The first-order valence-corrected chi connectivity index (χ1v) is 32.7. The molecule has 0 aromatic carbocycles. The molecule has 0 bridgehead atoms. The molecule has 0 heterocycles. The van der Waals surface area contributed by atoms with Gasteiger partial charge in [0.1, 0.15) is 13.2 Å². The zero-order valence-electron chi connectivity index (χ0n) is 50.7. The Morgan fingerprint density at radius 3 is 0.870 bits per heavy atom. The molecule has 6 nitrogen and oxygen atoms in total. The van der Waals surface area contributed by atoms with Crippen LogP contribution in [0.4, 0.5) is 0 Å². The van der Waals surface area contributed by atoms with Gasteiger partial charge in [-0.1, -0.05) is 311 Å². The van der Waals surface area contributed by atoms with E-state index >= 15 is 0 Å². The van der Waals surface area contributed by atoms with Crippen molar-refractivity contribution in [2.75, 3.05) is 13.2 Å². The average Bonchev–Trinajstić information content (AvgIpc) is 3.43. The lowest BCUT2D eigenvalue weighted by Crippen LogP contribution is -2.30. The van der Waals surface area contributed by atoms with Crippen molar-refractivity contribution in [1.82, 2.24) is 0 Å². The zero-order valence-corrected chi connectivity index (χ0v) is 50.7. The first-order valence-electron chi connectivity index (χ1n) is 32.7. The number of hydrogen-bond donors (Lipinski definition) is 0. The predicted molar refractivity (Wildman–Crippen MR) is 334 cm³/mol. The SMILES string of the molecule is CC/C=C\C/C=C\C/C=C\C/C=C\CCCCCCC(=O)OC(COC(=O)CC/C=C\C/C=C\C/C=C\C/C=C\CC)COC(=O)CCCCCCCCCCCCCCCCCCCCCCCCCCCCCCC. The Bertz CT molecular complexity index is 1510. The molecule has 6 heteroatoms. The monoisotopic (exact) mass is 1070 g/mol. The number of esters is 3. The normalized spacial score (nSPS) is 12.7.